The number of ether oxygens (including phenoxy) is 2. The van der Waals surface area contributed by atoms with E-state index in [1.165, 1.54) is 0 Å². The zero-order valence-corrected chi connectivity index (χ0v) is 44.2. The number of rotatable bonds is 35. The van der Waals surface area contributed by atoms with Gasteiger partial charge in [0.25, 0.3) is 11.8 Å². The third kappa shape index (κ3) is 20.6. The molecule has 6 rings (SSSR count). The van der Waals surface area contributed by atoms with Gasteiger partial charge < -0.3 is 62.6 Å². The largest absolute Gasteiger partial charge is 0.377 e. The summed E-state index contributed by atoms with van der Waals surface area (Å²) in [6.45, 7) is 2.96. The fourth-order valence-electron chi connectivity index (χ4n) is 9.36. The summed E-state index contributed by atoms with van der Waals surface area (Å²) in [4.78, 5) is 76.6. The Hall–Kier alpha value is -5.58. The Balaban J connectivity index is 0.848. The van der Waals surface area contributed by atoms with Crippen LogP contribution in [0.1, 0.15) is 123 Å². The predicted molar refractivity (Wildman–Crippen MR) is 292 cm³/mol. The second kappa shape index (κ2) is 32.0. The summed E-state index contributed by atoms with van der Waals surface area (Å²) < 4.78 is 11.2. The van der Waals surface area contributed by atoms with Crippen molar-refractivity contribution in [3.05, 3.63) is 59.7 Å². The average Bonchev–Trinajstić information content (AvgIpc) is 4.15. The minimum atomic E-state index is -0.416. The third-order valence-electron chi connectivity index (χ3n) is 13.3. The van der Waals surface area contributed by atoms with Gasteiger partial charge in [0.05, 0.1) is 50.6 Å². The quantitative estimate of drug-likeness (QED) is 0.0432. The zero-order valence-electron chi connectivity index (χ0n) is 42.6. The first-order valence-electron chi connectivity index (χ1n) is 26.5. The Morgan fingerprint density at radius 3 is 1.41 bits per heavy atom. The van der Waals surface area contributed by atoms with Gasteiger partial charge in [-0.3, -0.25) is 39.6 Å². The molecular weight excluding hydrogens is 985 g/mol. The molecule has 6 atom stereocenters. The van der Waals surface area contributed by atoms with Crippen molar-refractivity contribution >= 4 is 82.3 Å². The van der Waals surface area contributed by atoms with E-state index in [1.807, 2.05) is 29.6 Å². The van der Waals surface area contributed by atoms with E-state index in [1.54, 1.807) is 42.5 Å². The molecule has 12 N–H and O–H groups in total. The molecule has 4 saturated heterocycles. The molecule has 406 valence electrons. The molecule has 0 aromatic heterocycles. The van der Waals surface area contributed by atoms with Crippen molar-refractivity contribution in [3.63, 3.8) is 0 Å². The van der Waals surface area contributed by atoms with Gasteiger partial charge in [0, 0.05) is 96.4 Å². The van der Waals surface area contributed by atoms with Gasteiger partial charge in [0.2, 0.25) is 23.6 Å². The van der Waals surface area contributed by atoms with Crippen molar-refractivity contribution in [2.24, 2.45) is 0 Å². The standard InChI is InChI=1S/C52H78N12O8S2/c53-51-61-39-33-73-41(47(39)63-51)16-10-12-22-55-43(65)18-6-2-8-20-45(67)59-37-30-36(50(70)58-25-27-72-29-28-71-26-24-57-49(69)35-14-4-1-5-15-35)31-38(32-37)60-46(68)21-9-3-7-19-44(66)56-23-13-11-17-42-48-40(34-74-42)62-52(54)64-48/h1,4-5,14-15,30-32,39-42,47-48H,2-3,6-13,16-29,33-34H2,(H,55,65)(H,56,66)(H,57,69)(H,58,70)(H,59,67)(H,60,68)(H3,53,61,63)(H3,54,62,64)/t39-,40-,41-,42-,47-,48-/m0/s1. The lowest BCUT2D eigenvalue weighted by atomic mass is 10.0. The van der Waals surface area contributed by atoms with Gasteiger partial charge in [-0.1, -0.05) is 43.9 Å². The van der Waals surface area contributed by atoms with Crippen molar-refractivity contribution in [1.82, 2.24) is 42.5 Å². The van der Waals surface area contributed by atoms with Gasteiger partial charge in [0.15, 0.2) is 11.9 Å². The number of fused-ring (bicyclic) bond motifs is 2. The number of benzene rings is 2. The van der Waals surface area contributed by atoms with Crippen LogP contribution in [0.25, 0.3) is 0 Å². The van der Waals surface area contributed by atoms with Crippen molar-refractivity contribution in [1.29, 1.82) is 10.8 Å². The van der Waals surface area contributed by atoms with E-state index in [4.69, 9.17) is 20.3 Å². The summed E-state index contributed by atoms with van der Waals surface area (Å²) in [6, 6.07) is 15.0. The van der Waals surface area contributed by atoms with Crippen LogP contribution in [0, 0.1) is 10.8 Å². The molecule has 20 nitrogen and oxygen atoms in total. The molecule has 2 aromatic rings. The highest BCUT2D eigenvalue weighted by molar-refractivity contribution is 8.00. The lowest BCUT2D eigenvalue weighted by Crippen LogP contribution is -2.36. The first kappa shape index (κ1) is 57.7. The molecule has 0 aliphatic carbocycles. The number of thioether (sulfide) groups is 2. The summed E-state index contributed by atoms with van der Waals surface area (Å²) >= 11 is 3.88. The number of hydrogen-bond acceptors (Lipinski definition) is 12. The molecule has 74 heavy (non-hydrogen) atoms. The Bertz CT molecular complexity index is 2070. The number of nitrogens with one attached hydrogen (secondary N) is 12. The van der Waals surface area contributed by atoms with E-state index >= 15 is 0 Å². The maximum atomic E-state index is 13.3. The molecule has 0 bridgehead atoms. The van der Waals surface area contributed by atoms with E-state index in [0.717, 1.165) is 50.0 Å². The van der Waals surface area contributed by atoms with E-state index in [-0.39, 0.29) is 61.1 Å². The second-order valence-corrected chi connectivity index (χ2v) is 21.7. The van der Waals surface area contributed by atoms with Gasteiger partial charge in [-0.05, 0) is 81.7 Å². The van der Waals surface area contributed by atoms with Crippen LogP contribution in [0.3, 0.4) is 0 Å². The molecule has 4 aliphatic rings. The van der Waals surface area contributed by atoms with Crippen LogP contribution in [0.4, 0.5) is 11.4 Å². The molecule has 4 heterocycles. The van der Waals surface area contributed by atoms with Crippen LogP contribution >= 0.6 is 23.5 Å². The van der Waals surface area contributed by atoms with Crippen LogP contribution in [-0.4, -0.2) is 146 Å². The molecule has 0 spiro atoms. The molecule has 4 aliphatic heterocycles. The van der Waals surface area contributed by atoms with Gasteiger partial charge in [-0.15, -0.1) is 0 Å². The lowest BCUT2D eigenvalue weighted by Gasteiger charge is -2.16. The molecule has 6 amide bonds. The fraction of sp³-hybridized carbons (Fsp3) is 0.615. The summed E-state index contributed by atoms with van der Waals surface area (Å²) in [5.74, 6) is 1.77. The molecule has 0 unspecified atom stereocenters. The van der Waals surface area contributed by atoms with E-state index in [9.17, 15) is 28.8 Å². The van der Waals surface area contributed by atoms with Crippen molar-refractivity contribution < 1.29 is 38.2 Å². The van der Waals surface area contributed by atoms with Gasteiger partial charge in [-0.2, -0.15) is 23.5 Å². The summed E-state index contributed by atoms with van der Waals surface area (Å²) in [5, 5.41) is 46.8. The minimum absolute atomic E-state index is 0.00400. The van der Waals surface area contributed by atoms with Crippen molar-refractivity contribution in [2.75, 3.05) is 74.7 Å². The first-order valence-corrected chi connectivity index (χ1v) is 28.6. The van der Waals surface area contributed by atoms with Crippen LogP contribution < -0.4 is 53.2 Å². The van der Waals surface area contributed by atoms with E-state index in [0.29, 0.717) is 154 Å². The van der Waals surface area contributed by atoms with E-state index in [2.05, 4.69) is 53.2 Å². The number of amides is 6. The van der Waals surface area contributed by atoms with Crippen molar-refractivity contribution in [3.8, 4) is 0 Å². The molecule has 2 aromatic carbocycles. The maximum Gasteiger partial charge on any atom is 0.251 e. The second-order valence-electron chi connectivity index (χ2n) is 19.1. The minimum Gasteiger partial charge on any atom is -0.377 e. The van der Waals surface area contributed by atoms with Crippen LogP contribution in [0.15, 0.2) is 48.5 Å². The smallest absolute Gasteiger partial charge is 0.251 e. The summed E-state index contributed by atoms with van der Waals surface area (Å²) in [5.41, 5.74) is 1.53. The number of carbonyl (C=O) groups is 6. The topological polar surface area (TPSA) is 289 Å². The van der Waals surface area contributed by atoms with Crippen LogP contribution in [0.5, 0.6) is 0 Å². The lowest BCUT2D eigenvalue weighted by molar-refractivity contribution is -0.122. The highest BCUT2D eigenvalue weighted by Gasteiger charge is 2.42. The number of anilines is 2. The first-order chi connectivity index (χ1) is 36.0. The molecule has 0 radical (unpaired) electrons. The van der Waals surface area contributed by atoms with Gasteiger partial charge >= 0.3 is 0 Å². The fourth-order valence-corrected chi connectivity index (χ4v) is 12.4. The average molecular weight is 1060 g/mol. The number of guanidine groups is 2. The highest BCUT2D eigenvalue weighted by atomic mass is 32.2. The van der Waals surface area contributed by atoms with E-state index < -0.39 is 5.91 Å². The molecule has 4 fully saturated rings. The Morgan fingerprint density at radius 2 is 0.932 bits per heavy atom. The predicted octanol–water partition coefficient (Wildman–Crippen LogP) is 4.19. The number of hydrogen-bond donors (Lipinski definition) is 12. The zero-order chi connectivity index (χ0) is 52.3. The normalized spacial score (nSPS) is 20.3. The highest BCUT2D eigenvalue weighted by Crippen LogP contribution is 2.34. The van der Waals surface area contributed by atoms with Crippen LogP contribution in [0.2, 0.25) is 0 Å². The Kier molecular flexibility index (Phi) is 24.9. The SMILES string of the molecule is N=C1N[C@H]2[C@H](CS[C@H]2CCCCNC(=O)CCCCCC(=O)Nc2cc(NC(=O)CCCCCC(=O)NCCCC[C@@H]3SC[C@@H]4NC(=N)N[C@@H]43)cc(C(=O)NCCOCCOCCNC(=O)c3ccccc3)c2)N1. The Labute approximate surface area is 443 Å². The van der Waals surface area contributed by atoms with Crippen LogP contribution in [-0.2, 0) is 28.7 Å². The maximum absolute atomic E-state index is 13.3. The number of carbonyl (C=O) groups excluding carboxylic acids is 6. The molecular formula is C52H78N12O8S2. The summed E-state index contributed by atoms with van der Waals surface area (Å²) in [6.07, 6.45) is 11.0. The monoisotopic (exact) mass is 1060 g/mol. The molecule has 22 heteroatoms. The third-order valence-corrected chi connectivity index (χ3v) is 16.3. The van der Waals surface area contributed by atoms with Crippen molar-refractivity contribution in [2.45, 2.75) is 137 Å². The number of unbranched alkanes of at least 4 members (excludes halogenated alkanes) is 6. The summed E-state index contributed by atoms with van der Waals surface area (Å²) in [7, 11) is 0. The van der Waals surface area contributed by atoms with Gasteiger partial charge in [0.1, 0.15) is 0 Å². The van der Waals surface area contributed by atoms with Gasteiger partial charge in [-0.25, -0.2) is 0 Å². The molecule has 0 saturated carbocycles. The Morgan fingerprint density at radius 1 is 0.486 bits per heavy atom.